The van der Waals surface area contributed by atoms with Gasteiger partial charge in [0.1, 0.15) is 34.8 Å². The Morgan fingerprint density at radius 2 is 0.950 bits per heavy atom. The summed E-state index contributed by atoms with van der Waals surface area (Å²) in [7, 11) is 0. The Kier molecular flexibility index (Phi) is 4.23. The van der Waals surface area contributed by atoms with Crippen LogP contribution in [-0.4, -0.2) is 4.21 Å². The normalized spacial score (nSPS) is 10.7. The van der Waals surface area contributed by atoms with E-state index >= 15 is 0 Å². The third-order valence-electron chi connectivity index (χ3n) is 2.00. The lowest BCUT2D eigenvalue weighted by Gasteiger charge is -2.06. The Morgan fingerprint density at radius 3 is 1.25 bits per heavy atom. The molecule has 0 fully saturated rings. The van der Waals surface area contributed by atoms with E-state index in [2.05, 4.69) is 8.37 Å². The second kappa shape index (κ2) is 5.91. The number of hydrogen-bond acceptors (Lipinski definition) is 3. The molecule has 0 aromatic heterocycles. The van der Waals surface area contributed by atoms with Gasteiger partial charge in [-0.05, 0) is 0 Å². The highest BCUT2D eigenvalue weighted by Crippen LogP contribution is 2.19. The van der Waals surface area contributed by atoms with Crippen molar-refractivity contribution < 1.29 is 30.1 Å². The standard InChI is InChI=1S/C12H6F4O3S/c13-7-1-8(14)4-11(3-7)18-20(17)19-12-5-9(15)2-10(16)6-12/h1-6H. The molecule has 0 aliphatic carbocycles. The third kappa shape index (κ3) is 3.95. The molecule has 0 amide bonds. The zero-order valence-electron chi connectivity index (χ0n) is 9.61. The van der Waals surface area contributed by atoms with Gasteiger partial charge in [-0.1, -0.05) is 0 Å². The summed E-state index contributed by atoms with van der Waals surface area (Å²) in [6.45, 7) is 0. The van der Waals surface area contributed by atoms with Crippen LogP contribution in [0.25, 0.3) is 0 Å². The van der Waals surface area contributed by atoms with E-state index in [1.807, 2.05) is 0 Å². The van der Waals surface area contributed by atoms with E-state index < -0.39 is 46.1 Å². The predicted molar refractivity (Wildman–Crippen MR) is 62.1 cm³/mol. The van der Waals surface area contributed by atoms with Crippen LogP contribution in [0.5, 0.6) is 11.5 Å². The molecular weight excluding hydrogens is 300 g/mol. The van der Waals surface area contributed by atoms with Gasteiger partial charge in [0.05, 0.1) is 0 Å². The first-order valence-electron chi connectivity index (χ1n) is 5.13. The minimum absolute atomic E-state index is 0.391. The van der Waals surface area contributed by atoms with Gasteiger partial charge in [0.25, 0.3) is 0 Å². The molecule has 20 heavy (non-hydrogen) atoms. The van der Waals surface area contributed by atoms with Gasteiger partial charge in [0.15, 0.2) is 0 Å². The molecule has 0 atom stereocenters. The van der Waals surface area contributed by atoms with Gasteiger partial charge >= 0.3 is 11.4 Å². The largest absolute Gasteiger partial charge is 0.417 e. The number of halogens is 4. The molecule has 2 rings (SSSR count). The first-order chi connectivity index (χ1) is 9.42. The summed E-state index contributed by atoms with van der Waals surface area (Å²) in [5.74, 6) is -4.53. The van der Waals surface area contributed by atoms with Gasteiger partial charge in [-0.15, -0.1) is 0 Å². The molecular formula is C12H6F4O3S. The summed E-state index contributed by atoms with van der Waals surface area (Å²) < 4.78 is 72.0. The average molecular weight is 306 g/mol. The zero-order chi connectivity index (χ0) is 14.7. The summed E-state index contributed by atoms with van der Waals surface area (Å²) in [5.41, 5.74) is 0. The average Bonchev–Trinajstić information content (AvgIpc) is 2.24. The molecule has 0 saturated heterocycles. The van der Waals surface area contributed by atoms with Crippen molar-refractivity contribution in [3.8, 4) is 11.5 Å². The molecule has 0 aliphatic heterocycles. The van der Waals surface area contributed by atoms with Crippen LogP contribution >= 0.6 is 0 Å². The zero-order valence-corrected chi connectivity index (χ0v) is 10.4. The Labute approximate surface area is 113 Å². The summed E-state index contributed by atoms with van der Waals surface area (Å²) >= 11 is -2.52. The van der Waals surface area contributed by atoms with Crippen LogP contribution < -0.4 is 8.37 Å². The van der Waals surface area contributed by atoms with E-state index in [-0.39, 0.29) is 0 Å². The molecule has 0 saturated carbocycles. The molecule has 0 heterocycles. The predicted octanol–water partition coefficient (Wildman–Crippen LogP) is 3.28. The van der Waals surface area contributed by atoms with Crippen molar-refractivity contribution in [2.24, 2.45) is 0 Å². The van der Waals surface area contributed by atoms with Crippen molar-refractivity contribution in [1.82, 2.24) is 0 Å². The third-order valence-corrected chi connectivity index (χ3v) is 2.66. The second-order valence-corrected chi connectivity index (χ2v) is 4.32. The van der Waals surface area contributed by atoms with Gasteiger partial charge in [-0.25, -0.2) is 17.6 Å². The van der Waals surface area contributed by atoms with Crippen LogP contribution in [0, 0.1) is 23.3 Å². The minimum atomic E-state index is -2.52. The molecule has 0 N–H and O–H groups in total. The highest BCUT2D eigenvalue weighted by atomic mass is 32.2. The molecule has 0 radical (unpaired) electrons. The first kappa shape index (κ1) is 14.3. The molecule has 0 bridgehead atoms. The monoisotopic (exact) mass is 306 g/mol. The molecule has 0 spiro atoms. The first-order valence-corrected chi connectivity index (χ1v) is 6.13. The summed E-state index contributed by atoms with van der Waals surface area (Å²) in [6.07, 6.45) is 0. The minimum Gasteiger partial charge on any atom is -0.371 e. The molecule has 2 aromatic rings. The van der Waals surface area contributed by atoms with Gasteiger partial charge < -0.3 is 8.37 Å². The topological polar surface area (TPSA) is 35.5 Å². The lowest BCUT2D eigenvalue weighted by molar-refractivity contribution is 0.452. The summed E-state index contributed by atoms with van der Waals surface area (Å²) in [5, 5.41) is 0. The van der Waals surface area contributed by atoms with Crippen molar-refractivity contribution in [3.05, 3.63) is 59.7 Å². The van der Waals surface area contributed by atoms with E-state index in [1.165, 1.54) is 0 Å². The van der Waals surface area contributed by atoms with E-state index in [9.17, 15) is 21.8 Å². The van der Waals surface area contributed by atoms with Crippen LogP contribution in [0.1, 0.15) is 0 Å². The Hall–Kier alpha value is -2.09. The fraction of sp³-hybridized carbons (Fsp3) is 0. The molecule has 8 heteroatoms. The van der Waals surface area contributed by atoms with Crippen LogP contribution in [0.15, 0.2) is 36.4 Å². The maximum atomic E-state index is 12.9. The van der Waals surface area contributed by atoms with Crippen LogP contribution in [0.4, 0.5) is 17.6 Å². The highest BCUT2D eigenvalue weighted by molar-refractivity contribution is 7.75. The summed E-state index contributed by atoms with van der Waals surface area (Å²) in [4.78, 5) is 0. The van der Waals surface area contributed by atoms with Gasteiger partial charge in [-0.3, -0.25) is 0 Å². The van der Waals surface area contributed by atoms with E-state index in [0.29, 0.717) is 12.1 Å². The van der Waals surface area contributed by atoms with Crippen molar-refractivity contribution in [2.45, 2.75) is 0 Å². The fourth-order valence-electron chi connectivity index (χ4n) is 1.33. The van der Waals surface area contributed by atoms with Gasteiger partial charge in [-0.2, -0.15) is 4.21 Å². The van der Waals surface area contributed by atoms with E-state index in [1.54, 1.807) is 0 Å². The second-order valence-electron chi connectivity index (χ2n) is 3.58. The van der Waals surface area contributed by atoms with Gasteiger partial charge in [0, 0.05) is 36.4 Å². The molecule has 2 aromatic carbocycles. The Morgan fingerprint density at radius 1 is 0.650 bits per heavy atom. The number of rotatable bonds is 4. The number of benzene rings is 2. The van der Waals surface area contributed by atoms with Gasteiger partial charge in [0.2, 0.25) is 0 Å². The smallest absolute Gasteiger partial charge is 0.371 e. The van der Waals surface area contributed by atoms with Crippen LogP contribution in [0.2, 0.25) is 0 Å². The summed E-state index contributed by atoms with van der Waals surface area (Å²) in [6, 6.07) is 4.29. The maximum absolute atomic E-state index is 12.9. The molecule has 0 aliphatic rings. The molecule has 106 valence electrons. The lowest BCUT2D eigenvalue weighted by atomic mass is 10.3. The Balaban J connectivity index is 2.08. The van der Waals surface area contributed by atoms with E-state index in [0.717, 1.165) is 24.3 Å². The van der Waals surface area contributed by atoms with Crippen molar-refractivity contribution in [2.75, 3.05) is 0 Å². The molecule has 3 nitrogen and oxygen atoms in total. The lowest BCUT2D eigenvalue weighted by Crippen LogP contribution is -2.08. The fourth-order valence-corrected chi connectivity index (χ4v) is 1.87. The molecule has 0 unspecified atom stereocenters. The maximum Gasteiger partial charge on any atom is 0.417 e. The SMILES string of the molecule is O=S(Oc1cc(F)cc(F)c1)Oc1cc(F)cc(F)c1. The van der Waals surface area contributed by atoms with Crippen LogP contribution in [0.3, 0.4) is 0 Å². The van der Waals surface area contributed by atoms with Crippen molar-refractivity contribution in [1.29, 1.82) is 0 Å². The van der Waals surface area contributed by atoms with Crippen molar-refractivity contribution in [3.63, 3.8) is 0 Å². The number of hydrogen-bond donors (Lipinski definition) is 0. The van der Waals surface area contributed by atoms with Crippen molar-refractivity contribution >= 4 is 11.4 Å². The highest BCUT2D eigenvalue weighted by Gasteiger charge is 2.10. The van der Waals surface area contributed by atoms with Crippen LogP contribution in [-0.2, 0) is 11.4 Å². The van der Waals surface area contributed by atoms with E-state index in [4.69, 9.17) is 0 Å². The Bertz CT molecular complexity index is 567. The quantitative estimate of drug-likeness (QED) is 0.813.